The first-order chi connectivity index (χ1) is 7.83. The summed E-state index contributed by atoms with van der Waals surface area (Å²) in [7, 11) is 0. The second-order valence-electron chi connectivity index (χ2n) is 3.60. The second-order valence-corrected chi connectivity index (χ2v) is 4.39. The third-order valence-corrected chi connectivity index (χ3v) is 3.21. The summed E-state index contributed by atoms with van der Waals surface area (Å²) in [6, 6.07) is 0.242. The highest BCUT2D eigenvalue weighted by atomic mass is 32.1. The van der Waals surface area contributed by atoms with Crippen molar-refractivity contribution in [1.29, 1.82) is 0 Å². The van der Waals surface area contributed by atoms with Crippen LogP contribution in [0.1, 0.15) is 43.8 Å². The number of likely N-dealkylation sites (N-methyl/N-ethyl adjacent to an activating group) is 1. The standard InChI is InChI=1S/C11H21N3OS/c1-4-7-9-11(16-14-13-9)10(12-5-2)8-15-6-3/h10,12H,4-8H2,1-3H3. The van der Waals surface area contributed by atoms with Crippen LogP contribution in [0.3, 0.4) is 0 Å². The molecular formula is C11H21N3OS. The Morgan fingerprint density at radius 2 is 2.19 bits per heavy atom. The first-order valence-corrected chi connectivity index (χ1v) is 6.73. The van der Waals surface area contributed by atoms with Gasteiger partial charge in [-0.1, -0.05) is 24.8 Å². The molecule has 0 saturated carbocycles. The zero-order valence-electron chi connectivity index (χ0n) is 10.3. The van der Waals surface area contributed by atoms with E-state index in [1.54, 1.807) is 0 Å². The Morgan fingerprint density at radius 1 is 1.38 bits per heavy atom. The van der Waals surface area contributed by atoms with E-state index < -0.39 is 0 Å². The fourth-order valence-electron chi connectivity index (χ4n) is 1.60. The summed E-state index contributed by atoms with van der Waals surface area (Å²) in [5.74, 6) is 0. The van der Waals surface area contributed by atoms with Crippen molar-refractivity contribution in [2.45, 2.75) is 39.7 Å². The zero-order valence-corrected chi connectivity index (χ0v) is 11.1. The van der Waals surface area contributed by atoms with Gasteiger partial charge in [0, 0.05) is 6.61 Å². The van der Waals surface area contributed by atoms with E-state index in [4.69, 9.17) is 4.74 Å². The number of hydrogen-bond donors (Lipinski definition) is 1. The lowest BCUT2D eigenvalue weighted by atomic mass is 10.1. The molecule has 92 valence electrons. The number of rotatable bonds is 8. The quantitative estimate of drug-likeness (QED) is 0.760. The van der Waals surface area contributed by atoms with Crippen LogP contribution in [-0.2, 0) is 11.2 Å². The minimum atomic E-state index is 0.242. The zero-order chi connectivity index (χ0) is 11.8. The maximum atomic E-state index is 5.49. The summed E-state index contributed by atoms with van der Waals surface area (Å²) < 4.78 is 9.54. The van der Waals surface area contributed by atoms with Crippen molar-refractivity contribution >= 4 is 11.5 Å². The molecule has 0 aromatic carbocycles. The normalized spacial score (nSPS) is 12.9. The molecule has 5 heteroatoms. The van der Waals surface area contributed by atoms with Crippen molar-refractivity contribution in [2.75, 3.05) is 19.8 Å². The minimum absolute atomic E-state index is 0.242. The lowest BCUT2D eigenvalue weighted by molar-refractivity contribution is 0.124. The molecule has 1 unspecified atom stereocenters. The Kier molecular flexibility index (Phi) is 6.52. The predicted octanol–water partition coefficient (Wildman–Crippen LogP) is 2.18. The average Bonchev–Trinajstić information content (AvgIpc) is 2.73. The number of nitrogens with zero attached hydrogens (tertiary/aromatic N) is 2. The van der Waals surface area contributed by atoms with Crippen LogP contribution in [0.5, 0.6) is 0 Å². The number of ether oxygens (including phenoxy) is 1. The Balaban J connectivity index is 2.70. The molecule has 0 aliphatic carbocycles. The molecule has 1 aromatic heterocycles. The molecule has 1 heterocycles. The van der Waals surface area contributed by atoms with Crippen LogP contribution in [0.25, 0.3) is 0 Å². The highest BCUT2D eigenvalue weighted by Crippen LogP contribution is 2.21. The molecule has 0 aliphatic heterocycles. The van der Waals surface area contributed by atoms with E-state index in [-0.39, 0.29) is 6.04 Å². The Hall–Kier alpha value is -0.520. The summed E-state index contributed by atoms with van der Waals surface area (Å²) in [6.07, 6.45) is 2.10. The van der Waals surface area contributed by atoms with Gasteiger partial charge in [-0.3, -0.25) is 0 Å². The maximum absolute atomic E-state index is 5.49. The Morgan fingerprint density at radius 3 is 2.81 bits per heavy atom. The first-order valence-electron chi connectivity index (χ1n) is 5.95. The lowest BCUT2D eigenvalue weighted by Gasteiger charge is -2.16. The highest BCUT2D eigenvalue weighted by Gasteiger charge is 2.17. The van der Waals surface area contributed by atoms with Crippen LogP contribution in [-0.4, -0.2) is 29.3 Å². The van der Waals surface area contributed by atoms with E-state index in [1.165, 1.54) is 16.4 Å². The smallest absolute Gasteiger partial charge is 0.0804 e. The monoisotopic (exact) mass is 243 g/mol. The lowest BCUT2D eigenvalue weighted by Crippen LogP contribution is -2.25. The van der Waals surface area contributed by atoms with Gasteiger partial charge in [0.05, 0.1) is 23.2 Å². The van der Waals surface area contributed by atoms with Crippen LogP contribution in [0.15, 0.2) is 0 Å². The molecule has 1 rings (SSSR count). The van der Waals surface area contributed by atoms with Gasteiger partial charge in [-0.05, 0) is 31.4 Å². The number of hydrogen-bond acceptors (Lipinski definition) is 5. The van der Waals surface area contributed by atoms with E-state index in [0.29, 0.717) is 6.61 Å². The summed E-state index contributed by atoms with van der Waals surface area (Å²) in [5.41, 5.74) is 1.12. The molecule has 1 N–H and O–H groups in total. The maximum Gasteiger partial charge on any atom is 0.0804 e. The number of nitrogens with one attached hydrogen (secondary N) is 1. The fourth-order valence-corrected chi connectivity index (χ4v) is 2.35. The SMILES string of the molecule is CCCc1nnsc1C(COCC)NCC. The molecule has 0 saturated heterocycles. The number of aryl methyl sites for hydroxylation is 1. The number of aromatic nitrogens is 2. The van der Waals surface area contributed by atoms with Gasteiger partial charge in [0.15, 0.2) is 0 Å². The average molecular weight is 243 g/mol. The fraction of sp³-hybridized carbons (Fsp3) is 0.818. The van der Waals surface area contributed by atoms with Crippen LogP contribution in [0.4, 0.5) is 0 Å². The molecule has 0 amide bonds. The van der Waals surface area contributed by atoms with Crippen LogP contribution in [0, 0.1) is 0 Å². The van der Waals surface area contributed by atoms with Crippen molar-refractivity contribution in [3.8, 4) is 0 Å². The van der Waals surface area contributed by atoms with Gasteiger partial charge in [-0.25, -0.2) is 0 Å². The molecule has 1 aromatic rings. The summed E-state index contributed by atoms with van der Waals surface area (Å²) in [4.78, 5) is 1.23. The molecule has 0 spiro atoms. The highest BCUT2D eigenvalue weighted by molar-refractivity contribution is 7.05. The van der Waals surface area contributed by atoms with Gasteiger partial charge in [0.25, 0.3) is 0 Å². The molecule has 0 bridgehead atoms. The molecule has 1 atom stereocenters. The molecule has 4 nitrogen and oxygen atoms in total. The van der Waals surface area contributed by atoms with Gasteiger partial charge >= 0.3 is 0 Å². The van der Waals surface area contributed by atoms with Crippen molar-refractivity contribution in [2.24, 2.45) is 0 Å². The minimum Gasteiger partial charge on any atom is -0.380 e. The Bertz CT molecular complexity index is 291. The van der Waals surface area contributed by atoms with Gasteiger partial charge in [0.1, 0.15) is 0 Å². The predicted molar refractivity (Wildman–Crippen MR) is 66.8 cm³/mol. The van der Waals surface area contributed by atoms with Gasteiger partial charge in [-0.15, -0.1) is 5.10 Å². The van der Waals surface area contributed by atoms with E-state index in [9.17, 15) is 0 Å². The molecular weight excluding hydrogens is 222 g/mol. The molecule has 0 aliphatic rings. The Labute approximate surface area is 102 Å². The molecule has 0 fully saturated rings. The second kappa shape index (κ2) is 7.70. The largest absolute Gasteiger partial charge is 0.380 e. The molecule has 16 heavy (non-hydrogen) atoms. The van der Waals surface area contributed by atoms with Gasteiger partial charge < -0.3 is 10.1 Å². The third-order valence-electron chi connectivity index (χ3n) is 2.33. The van der Waals surface area contributed by atoms with E-state index in [1.807, 2.05) is 6.92 Å². The summed E-state index contributed by atoms with van der Waals surface area (Å²) >= 11 is 1.48. The van der Waals surface area contributed by atoms with Gasteiger partial charge in [0.2, 0.25) is 0 Å². The molecule has 0 radical (unpaired) electrons. The van der Waals surface area contributed by atoms with Gasteiger partial charge in [-0.2, -0.15) is 0 Å². The summed E-state index contributed by atoms with van der Waals surface area (Å²) in [6.45, 7) is 8.66. The van der Waals surface area contributed by atoms with Crippen LogP contribution < -0.4 is 5.32 Å². The van der Waals surface area contributed by atoms with E-state index in [0.717, 1.165) is 31.7 Å². The van der Waals surface area contributed by atoms with Crippen LogP contribution in [0.2, 0.25) is 0 Å². The van der Waals surface area contributed by atoms with Crippen LogP contribution >= 0.6 is 11.5 Å². The summed E-state index contributed by atoms with van der Waals surface area (Å²) in [5, 5.41) is 7.61. The van der Waals surface area contributed by atoms with E-state index >= 15 is 0 Å². The topological polar surface area (TPSA) is 47.0 Å². The van der Waals surface area contributed by atoms with Crippen molar-refractivity contribution in [1.82, 2.24) is 14.9 Å². The van der Waals surface area contributed by atoms with E-state index in [2.05, 4.69) is 28.8 Å². The van der Waals surface area contributed by atoms with Crippen molar-refractivity contribution in [3.05, 3.63) is 10.6 Å². The van der Waals surface area contributed by atoms with Crippen molar-refractivity contribution < 1.29 is 4.74 Å². The van der Waals surface area contributed by atoms with Crippen molar-refractivity contribution in [3.63, 3.8) is 0 Å². The first kappa shape index (κ1) is 13.5. The third kappa shape index (κ3) is 3.81.